The minimum Gasteiger partial charge on any atom is -0.497 e. The van der Waals surface area contributed by atoms with Crippen LogP contribution in [-0.2, 0) is 0 Å². The van der Waals surface area contributed by atoms with Gasteiger partial charge in [0, 0.05) is 5.02 Å². The Morgan fingerprint density at radius 1 is 1.14 bits per heavy atom. The molecule has 21 heavy (non-hydrogen) atoms. The first-order valence-electron chi connectivity index (χ1n) is 6.29. The number of aromatic amines is 1. The smallest absolute Gasteiger partial charge is 0.142 e. The molecule has 0 saturated carbocycles. The second-order valence-corrected chi connectivity index (χ2v) is 4.98. The molecule has 3 N–H and O–H groups in total. The standard InChI is InChI=1S/C15H14ClN3O2/c1-20-9-3-4-13(21-2)10(7-9)15-18-12-6-8(16)5-11(17)14(12)19-15/h3-7H,17H2,1-2H3,(H,18,19). The second kappa shape index (κ2) is 5.18. The Bertz CT molecular complexity index is 814. The summed E-state index contributed by atoms with van der Waals surface area (Å²) in [6.45, 7) is 0. The van der Waals surface area contributed by atoms with Crippen molar-refractivity contribution < 1.29 is 9.47 Å². The lowest BCUT2D eigenvalue weighted by atomic mass is 10.2. The number of hydrogen-bond donors (Lipinski definition) is 2. The quantitative estimate of drug-likeness (QED) is 0.727. The third kappa shape index (κ3) is 2.36. The number of hydrogen-bond acceptors (Lipinski definition) is 4. The fourth-order valence-corrected chi connectivity index (χ4v) is 2.46. The summed E-state index contributed by atoms with van der Waals surface area (Å²) >= 11 is 6.01. The number of rotatable bonds is 3. The highest BCUT2D eigenvalue weighted by Crippen LogP contribution is 2.34. The largest absolute Gasteiger partial charge is 0.497 e. The Morgan fingerprint density at radius 3 is 2.67 bits per heavy atom. The predicted octanol–water partition coefficient (Wildman–Crippen LogP) is 3.48. The molecule has 2 aromatic carbocycles. The lowest BCUT2D eigenvalue weighted by Gasteiger charge is -2.08. The van der Waals surface area contributed by atoms with Gasteiger partial charge in [0.05, 0.1) is 31.0 Å². The number of anilines is 1. The third-order valence-electron chi connectivity index (χ3n) is 3.24. The van der Waals surface area contributed by atoms with Crippen LogP contribution in [0.4, 0.5) is 5.69 Å². The minimum absolute atomic E-state index is 0.530. The van der Waals surface area contributed by atoms with Crippen molar-refractivity contribution >= 4 is 28.3 Å². The SMILES string of the molecule is COc1ccc(OC)c(-c2nc3c(N)cc(Cl)cc3[nH]2)c1. The van der Waals surface area contributed by atoms with Crippen LogP contribution in [0.25, 0.3) is 22.4 Å². The maximum atomic E-state index is 6.01. The maximum Gasteiger partial charge on any atom is 0.142 e. The molecule has 0 unspecified atom stereocenters. The summed E-state index contributed by atoms with van der Waals surface area (Å²) in [4.78, 5) is 7.74. The fourth-order valence-electron chi connectivity index (χ4n) is 2.23. The van der Waals surface area contributed by atoms with Crippen LogP contribution in [0.1, 0.15) is 0 Å². The summed E-state index contributed by atoms with van der Waals surface area (Å²) in [6, 6.07) is 8.98. The summed E-state index contributed by atoms with van der Waals surface area (Å²) in [5.41, 5.74) is 8.73. The fraction of sp³-hybridized carbons (Fsp3) is 0.133. The molecule has 0 aliphatic heterocycles. The zero-order valence-electron chi connectivity index (χ0n) is 11.6. The number of aromatic nitrogens is 2. The molecule has 0 aliphatic carbocycles. The molecule has 0 fully saturated rings. The number of nitrogens with zero attached hydrogens (tertiary/aromatic N) is 1. The van der Waals surface area contributed by atoms with Gasteiger partial charge < -0.3 is 20.2 Å². The van der Waals surface area contributed by atoms with E-state index in [1.54, 1.807) is 26.4 Å². The Kier molecular flexibility index (Phi) is 3.35. The predicted molar refractivity (Wildman–Crippen MR) is 84.1 cm³/mol. The zero-order chi connectivity index (χ0) is 15.0. The molecular formula is C15H14ClN3O2. The Hall–Kier alpha value is -2.40. The Balaban J connectivity index is 2.22. The molecular weight excluding hydrogens is 290 g/mol. The molecule has 3 aromatic rings. The number of nitrogens with one attached hydrogen (secondary N) is 1. The molecule has 0 saturated heterocycles. The zero-order valence-corrected chi connectivity index (χ0v) is 12.4. The van der Waals surface area contributed by atoms with Crippen molar-refractivity contribution in [2.45, 2.75) is 0 Å². The topological polar surface area (TPSA) is 73.2 Å². The number of methoxy groups -OCH3 is 2. The number of benzene rings is 2. The molecule has 108 valence electrons. The van der Waals surface area contributed by atoms with E-state index < -0.39 is 0 Å². The Morgan fingerprint density at radius 2 is 1.95 bits per heavy atom. The van der Waals surface area contributed by atoms with Gasteiger partial charge in [-0.15, -0.1) is 0 Å². The molecule has 0 atom stereocenters. The van der Waals surface area contributed by atoms with Gasteiger partial charge >= 0.3 is 0 Å². The van der Waals surface area contributed by atoms with E-state index in [-0.39, 0.29) is 0 Å². The summed E-state index contributed by atoms with van der Waals surface area (Å²) < 4.78 is 10.6. The van der Waals surface area contributed by atoms with E-state index in [9.17, 15) is 0 Å². The summed E-state index contributed by atoms with van der Waals surface area (Å²) in [7, 11) is 3.22. The number of ether oxygens (including phenoxy) is 2. The molecule has 0 radical (unpaired) electrons. The first-order chi connectivity index (χ1) is 10.1. The lowest BCUT2D eigenvalue weighted by molar-refractivity contribution is 0.404. The number of fused-ring (bicyclic) bond motifs is 1. The van der Waals surface area contributed by atoms with Crippen LogP contribution in [0, 0.1) is 0 Å². The lowest BCUT2D eigenvalue weighted by Crippen LogP contribution is -1.91. The van der Waals surface area contributed by atoms with Gasteiger partial charge in [-0.3, -0.25) is 0 Å². The molecule has 6 heteroatoms. The maximum absolute atomic E-state index is 6.01. The van der Waals surface area contributed by atoms with Gasteiger partial charge in [0.1, 0.15) is 22.8 Å². The van der Waals surface area contributed by atoms with Gasteiger partial charge in [-0.05, 0) is 30.3 Å². The first-order valence-corrected chi connectivity index (χ1v) is 6.67. The minimum atomic E-state index is 0.530. The van der Waals surface area contributed by atoms with Crippen molar-refractivity contribution in [3.8, 4) is 22.9 Å². The third-order valence-corrected chi connectivity index (χ3v) is 3.46. The summed E-state index contributed by atoms with van der Waals surface area (Å²) in [5, 5.41) is 0.563. The van der Waals surface area contributed by atoms with Crippen LogP contribution in [-0.4, -0.2) is 24.2 Å². The van der Waals surface area contributed by atoms with Crippen molar-refractivity contribution in [2.75, 3.05) is 20.0 Å². The van der Waals surface area contributed by atoms with Crippen LogP contribution in [0.2, 0.25) is 5.02 Å². The number of nitrogen functional groups attached to an aromatic ring is 1. The molecule has 5 nitrogen and oxygen atoms in total. The van der Waals surface area contributed by atoms with Crippen LogP contribution >= 0.6 is 11.6 Å². The highest BCUT2D eigenvalue weighted by molar-refractivity contribution is 6.31. The van der Waals surface area contributed by atoms with Crippen molar-refractivity contribution in [3.63, 3.8) is 0 Å². The molecule has 0 spiro atoms. The van der Waals surface area contributed by atoms with E-state index in [0.29, 0.717) is 27.8 Å². The molecule has 0 amide bonds. The molecule has 0 aliphatic rings. The van der Waals surface area contributed by atoms with E-state index >= 15 is 0 Å². The van der Waals surface area contributed by atoms with Gasteiger partial charge in [0.25, 0.3) is 0 Å². The highest BCUT2D eigenvalue weighted by Gasteiger charge is 2.13. The van der Waals surface area contributed by atoms with E-state index in [0.717, 1.165) is 16.8 Å². The van der Waals surface area contributed by atoms with E-state index in [1.807, 2.05) is 18.2 Å². The van der Waals surface area contributed by atoms with Crippen LogP contribution in [0.5, 0.6) is 11.5 Å². The highest BCUT2D eigenvalue weighted by atomic mass is 35.5. The van der Waals surface area contributed by atoms with Crippen LogP contribution < -0.4 is 15.2 Å². The van der Waals surface area contributed by atoms with Gasteiger partial charge in [-0.1, -0.05) is 11.6 Å². The number of nitrogens with two attached hydrogens (primary N) is 1. The number of imidazole rings is 1. The van der Waals surface area contributed by atoms with Crippen molar-refractivity contribution in [1.82, 2.24) is 9.97 Å². The second-order valence-electron chi connectivity index (χ2n) is 4.54. The average molecular weight is 304 g/mol. The normalized spacial score (nSPS) is 10.8. The molecule has 3 rings (SSSR count). The van der Waals surface area contributed by atoms with Gasteiger partial charge in [-0.2, -0.15) is 0 Å². The van der Waals surface area contributed by atoms with Gasteiger partial charge in [-0.25, -0.2) is 4.98 Å². The van der Waals surface area contributed by atoms with E-state index in [4.69, 9.17) is 26.8 Å². The Labute approximate surface area is 126 Å². The van der Waals surface area contributed by atoms with Gasteiger partial charge in [0.15, 0.2) is 0 Å². The van der Waals surface area contributed by atoms with Crippen molar-refractivity contribution in [1.29, 1.82) is 0 Å². The first kappa shape index (κ1) is 13.6. The average Bonchev–Trinajstić information content (AvgIpc) is 2.90. The van der Waals surface area contributed by atoms with Gasteiger partial charge in [0.2, 0.25) is 0 Å². The van der Waals surface area contributed by atoms with E-state index in [1.165, 1.54) is 0 Å². The number of H-pyrrole nitrogens is 1. The number of halogens is 1. The summed E-state index contributed by atoms with van der Waals surface area (Å²) in [5.74, 6) is 2.06. The van der Waals surface area contributed by atoms with E-state index in [2.05, 4.69) is 9.97 Å². The summed E-state index contributed by atoms with van der Waals surface area (Å²) in [6.07, 6.45) is 0. The molecule has 0 bridgehead atoms. The van der Waals surface area contributed by atoms with Crippen molar-refractivity contribution in [2.24, 2.45) is 0 Å². The van der Waals surface area contributed by atoms with Crippen molar-refractivity contribution in [3.05, 3.63) is 35.4 Å². The monoisotopic (exact) mass is 303 g/mol. The van der Waals surface area contributed by atoms with Crippen LogP contribution in [0.3, 0.4) is 0 Å². The van der Waals surface area contributed by atoms with Crippen LogP contribution in [0.15, 0.2) is 30.3 Å². The molecule has 1 aromatic heterocycles. The molecule has 1 heterocycles.